The Morgan fingerprint density at radius 3 is 2.50 bits per heavy atom. The van der Waals surface area contributed by atoms with Crippen molar-refractivity contribution >= 4 is 17.4 Å². The molecule has 76 valence electrons. The molecule has 0 aromatic heterocycles. The summed E-state index contributed by atoms with van der Waals surface area (Å²) in [5.74, 6) is -0.437. The smallest absolute Gasteiger partial charge is 0.168 e. The normalized spacial score (nSPS) is 14.8. The van der Waals surface area contributed by atoms with E-state index in [1.807, 2.05) is 6.07 Å². The van der Waals surface area contributed by atoms with Gasteiger partial charge in [0.25, 0.3) is 0 Å². The molecule has 14 heavy (non-hydrogen) atoms. The maximum atomic E-state index is 11.7. The van der Waals surface area contributed by atoms with Crippen molar-refractivity contribution in [2.24, 2.45) is 5.92 Å². The lowest BCUT2D eigenvalue weighted by atomic mass is 9.95. The molecule has 0 radical (unpaired) electrons. The second-order valence-electron chi connectivity index (χ2n) is 3.24. The fourth-order valence-corrected chi connectivity index (χ4v) is 1.44. The number of carbonyl (C=O) groups excluding carboxylic acids is 1. The van der Waals surface area contributed by atoms with Gasteiger partial charge in [-0.15, -0.1) is 11.6 Å². The van der Waals surface area contributed by atoms with Gasteiger partial charge in [-0.3, -0.25) is 4.79 Å². The molecule has 0 spiro atoms. The van der Waals surface area contributed by atoms with Crippen molar-refractivity contribution in [3.63, 3.8) is 0 Å². The van der Waals surface area contributed by atoms with Crippen LogP contribution in [-0.4, -0.2) is 22.9 Å². The van der Waals surface area contributed by atoms with Crippen molar-refractivity contribution in [3.05, 3.63) is 35.9 Å². The molecule has 0 bridgehead atoms. The predicted octanol–water partition coefficient (Wildman–Crippen LogP) is 2.11. The molecule has 1 aromatic carbocycles. The molecule has 2 atom stereocenters. The van der Waals surface area contributed by atoms with Crippen molar-refractivity contribution in [2.45, 2.75) is 13.0 Å². The number of rotatable bonds is 4. The molecule has 0 saturated heterocycles. The average Bonchev–Trinajstić information content (AvgIpc) is 2.27. The van der Waals surface area contributed by atoms with Crippen molar-refractivity contribution < 1.29 is 9.90 Å². The van der Waals surface area contributed by atoms with Crippen LogP contribution in [0.1, 0.15) is 17.3 Å². The zero-order valence-corrected chi connectivity index (χ0v) is 8.74. The predicted molar refractivity (Wildman–Crippen MR) is 56.7 cm³/mol. The van der Waals surface area contributed by atoms with Gasteiger partial charge in [-0.1, -0.05) is 37.3 Å². The summed E-state index contributed by atoms with van der Waals surface area (Å²) in [6.45, 7) is 1.68. The highest BCUT2D eigenvalue weighted by Crippen LogP contribution is 2.13. The van der Waals surface area contributed by atoms with Crippen LogP contribution in [0.25, 0.3) is 0 Å². The van der Waals surface area contributed by atoms with Crippen molar-refractivity contribution in [1.29, 1.82) is 0 Å². The summed E-state index contributed by atoms with van der Waals surface area (Å²) in [7, 11) is 0. The number of alkyl halides is 1. The van der Waals surface area contributed by atoms with Crippen LogP contribution in [0.4, 0.5) is 0 Å². The summed E-state index contributed by atoms with van der Waals surface area (Å²) in [5, 5.41) is 9.41. The summed E-state index contributed by atoms with van der Waals surface area (Å²) in [5.41, 5.74) is 0.615. The topological polar surface area (TPSA) is 37.3 Å². The van der Waals surface area contributed by atoms with Crippen LogP contribution in [-0.2, 0) is 0 Å². The second-order valence-corrected chi connectivity index (χ2v) is 3.55. The summed E-state index contributed by atoms with van der Waals surface area (Å²) < 4.78 is 0. The third-order valence-corrected chi connectivity index (χ3v) is 2.52. The molecule has 2 unspecified atom stereocenters. The first kappa shape index (κ1) is 11.2. The number of hydrogen-bond acceptors (Lipinski definition) is 2. The summed E-state index contributed by atoms with van der Waals surface area (Å²) >= 11 is 5.48. The SMILES string of the molecule is CC(C(=O)c1ccccc1)C(O)CCl. The quantitative estimate of drug-likeness (QED) is 0.613. The Morgan fingerprint density at radius 1 is 1.43 bits per heavy atom. The Kier molecular flexibility index (Phi) is 4.11. The van der Waals surface area contributed by atoms with Crippen molar-refractivity contribution in [3.8, 4) is 0 Å². The highest BCUT2D eigenvalue weighted by atomic mass is 35.5. The van der Waals surface area contributed by atoms with E-state index < -0.39 is 12.0 Å². The Balaban J connectivity index is 2.76. The number of aliphatic hydroxyl groups is 1. The van der Waals surface area contributed by atoms with E-state index in [0.717, 1.165) is 0 Å². The highest BCUT2D eigenvalue weighted by Gasteiger charge is 2.21. The van der Waals surface area contributed by atoms with Crippen LogP contribution in [0, 0.1) is 5.92 Å². The maximum absolute atomic E-state index is 11.7. The van der Waals surface area contributed by atoms with E-state index >= 15 is 0 Å². The largest absolute Gasteiger partial charge is 0.391 e. The molecule has 1 rings (SSSR count). The third-order valence-electron chi connectivity index (χ3n) is 2.21. The van der Waals surface area contributed by atoms with Gasteiger partial charge in [-0.05, 0) is 0 Å². The van der Waals surface area contributed by atoms with E-state index in [1.165, 1.54) is 0 Å². The molecule has 0 amide bonds. The van der Waals surface area contributed by atoms with Crippen molar-refractivity contribution in [2.75, 3.05) is 5.88 Å². The first-order chi connectivity index (χ1) is 6.66. The van der Waals surface area contributed by atoms with Crippen LogP contribution in [0.3, 0.4) is 0 Å². The minimum atomic E-state index is -0.774. The maximum Gasteiger partial charge on any atom is 0.168 e. The Hall–Kier alpha value is -0.860. The lowest BCUT2D eigenvalue weighted by molar-refractivity contribution is 0.0765. The van der Waals surface area contributed by atoms with Gasteiger partial charge in [0, 0.05) is 17.4 Å². The number of ketones is 1. The number of hydrogen-bond donors (Lipinski definition) is 1. The lowest BCUT2D eigenvalue weighted by Gasteiger charge is -2.14. The number of carbonyl (C=O) groups is 1. The minimum Gasteiger partial charge on any atom is -0.391 e. The third kappa shape index (κ3) is 2.56. The molecule has 1 aromatic rings. The van der Waals surface area contributed by atoms with Gasteiger partial charge in [0.05, 0.1) is 6.10 Å². The van der Waals surface area contributed by atoms with Gasteiger partial charge in [-0.25, -0.2) is 0 Å². The molecule has 0 heterocycles. The summed E-state index contributed by atoms with van der Waals surface area (Å²) in [4.78, 5) is 11.7. The van der Waals surface area contributed by atoms with Crippen LogP contribution >= 0.6 is 11.6 Å². The fourth-order valence-electron chi connectivity index (χ4n) is 1.17. The van der Waals surface area contributed by atoms with Gasteiger partial charge in [0.1, 0.15) is 0 Å². The summed E-state index contributed by atoms with van der Waals surface area (Å²) in [6.07, 6.45) is -0.774. The minimum absolute atomic E-state index is 0.0706. The zero-order chi connectivity index (χ0) is 10.6. The van der Waals surface area contributed by atoms with Gasteiger partial charge in [-0.2, -0.15) is 0 Å². The van der Waals surface area contributed by atoms with Gasteiger partial charge < -0.3 is 5.11 Å². The van der Waals surface area contributed by atoms with Crippen molar-refractivity contribution in [1.82, 2.24) is 0 Å². The van der Waals surface area contributed by atoms with Gasteiger partial charge >= 0.3 is 0 Å². The van der Waals surface area contributed by atoms with E-state index in [-0.39, 0.29) is 11.7 Å². The molecule has 3 heteroatoms. The van der Waals surface area contributed by atoms with E-state index in [9.17, 15) is 9.90 Å². The Bertz CT molecular complexity index is 297. The first-order valence-corrected chi connectivity index (χ1v) is 5.03. The molecular formula is C11H13ClO2. The molecule has 0 aliphatic rings. The molecule has 0 aliphatic carbocycles. The number of Topliss-reactive ketones (excluding diaryl/α,β-unsaturated/α-hetero) is 1. The molecule has 0 fully saturated rings. The average molecular weight is 213 g/mol. The van der Waals surface area contributed by atoms with E-state index in [0.29, 0.717) is 5.56 Å². The molecule has 1 N–H and O–H groups in total. The van der Waals surface area contributed by atoms with Gasteiger partial charge in [0.2, 0.25) is 0 Å². The monoisotopic (exact) mass is 212 g/mol. The lowest BCUT2D eigenvalue weighted by Crippen LogP contribution is -2.27. The van der Waals surface area contributed by atoms with Crippen LogP contribution in [0.15, 0.2) is 30.3 Å². The Morgan fingerprint density at radius 2 is 2.00 bits per heavy atom. The standard InChI is InChI=1S/C11H13ClO2/c1-8(10(13)7-12)11(14)9-5-3-2-4-6-9/h2-6,8,10,13H,7H2,1H3. The summed E-state index contributed by atoms with van der Waals surface area (Å²) in [6, 6.07) is 8.92. The van der Waals surface area contributed by atoms with Gasteiger partial charge in [0.15, 0.2) is 5.78 Å². The molecule has 2 nitrogen and oxygen atoms in total. The molecule has 0 saturated carbocycles. The highest BCUT2D eigenvalue weighted by molar-refractivity contribution is 6.18. The number of benzene rings is 1. The van der Waals surface area contributed by atoms with E-state index in [4.69, 9.17) is 11.6 Å². The van der Waals surface area contributed by atoms with E-state index in [1.54, 1.807) is 31.2 Å². The molecule has 0 aliphatic heterocycles. The first-order valence-electron chi connectivity index (χ1n) is 4.50. The van der Waals surface area contributed by atoms with Crippen LogP contribution in [0.2, 0.25) is 0 Å². The van der Waals surface area contributed by atoms with Crippen LogP contribution < -0.4 is 0 Å². The molecular weight excluding hydrogens is 200 g/mol. The number of aliphatic hydroxyl groups excluding tert-OH is 1. The van der Waals surface area contributed by atoms with E-state index in [2.05, 4.69) is 0 Å². The zero-order valence-electron chi connectivity index (χ0n) is 7.98. The second kappa shape index (κ2) is 5.13. The number of halogens is 1. The fraction of sp³-hybridized carbons (Fsp3) is 0.364. The van der Waals surface area contributed by atoms with Crippen LogP contribution in [0.5, 0.6) is 0 Å². The Labute approximate surface area is 88.5 Å².